The van der Waals surface area contributed by atoms with Gasteiger partial charge in [-0.15, -0.1) is 0 Å². The van der Waals surface area contributed by atoms with Crippen molar-refractivity contribution < 1.29 is 13.2 Å². The Morgan fingerprint density at radius 2 is 2.00 bits per heavy atom. The Morgan fingerprint density at radius 3 is 2.67 bits per heavy atom. The zero-order valence-electron chi connectivity index (χ0n) is 12.1. The van der Waals surface area contributed by atoms with Crippen LogP contribution in [0, 0.1) is 11.3 Å². The number of benzene rings is 1. The van der Waals surface area contributed by atoms with E-state index < -0.39 is 9.84 Å². The van der Waals surface area contributed by atoms with E-state index in [0.717, 1.165) is 6.42 Å². The first kappa shape index (κ1) is 17.2. The maximum absolute atomic E-state index is 11.7. The van der Waals surface area contributed by atoms with E-state index in [2.05, 4.69) is 5.32 Å². The van der Waals surface area contributed by atoms with Gasteiger partial charge in [0.05, 0.1) is 23.1 Å². The van der Waals surface area contributed by atoms with Crippen LogP contribution in [0.1, 0.15) is 38.2 Å². The number of amides is 1. The maximum Gasteiger partial charge on any atom is 0.224 e. The van der Waals surface area contributed by atoms with Gasteiger partial charge >= 0.3 is 0 Å². The monoisotopic (exact) mass is 308 g/mol. The molecule has 0 bridgehead atoms. The smallest absolute Gasteiger partial charge is 0.224 e. The summed E-state index contributed by atoms with van der Waals surface area (Å²) >= 11 is 0. The fraction of sp³-hybridized carbons (Fsp3) is 0.467. The van der Waals surface area contributed by atoms with Crippen LogP contribution in [0.15, 0.2) is 24.3 Å². The van der Waals surface area contributed by atoms with E-state index in [-0.39, 0.29) is 23.8 Å². The minimum absolute atomic E-state index is 0.0403. The summed E-state index contributed by atoms with van der Waals surface area (Å²) in [4.78, 5) is 11.7. The van der Waals surface area contributed by atoms with Crippen molar-refractivity contribution in [2.45, 2.75) is 32.6 Å². The first-order chi connectivity index (χ1) is 9.96. The van der Waals surface area contributed by atoms with Crippen molar-refractivity contribution in [2.75, 3.05) is 16.8 Å². The fourth-order valence-corrected chi connectivity index (χ4v) is 3.33. The predicted molar refractivity (Wildman–Crippen MR) is 82.6 cm³/mol. The molecule has 0 radical (unpaired) electrons. The summed E-state index contributed by atoms with van der Waals surface area (Å²) in [5.74, 6) is -0.00987. The minimum Gasteiger partial charge on any atom is -0.326 e. The molecule has 0 heterocycles. The standard InChI is InChI=1S/C15H20N2O3S/c1-2-3-9-21(19,20)10-5-8-15(18)17-14-7-4-6-13(11-14)12-16/h4,6-7,11H,2-3,5,8-10H2,1H3,(H,17,18). The highest BCUT2D eigenvalue weighted by Gasteiger charge is 2.11. The van der Waals surface area contributed by atoms with Gasteiger partial charge in [0.15, 0.2) is 0 Å². The van der Waals surface area contributed by atoms with E-state index in [9.17, 15) is 13.2 Å². The first-order valence-corrected chi connectivity index (χ1v) is 8.79. The van der Waals surface area contributed by atoms with Crippen molar-refractivity contribution in [3.8, 4) is 6.07 Å². The topological polar surface area (TPSA) is 87.0 Å². The molecule has 21 heavy (non-hydrogen) atoms. The molecule has 0 unspecified atom stereocenters. The normalized spacial score (nSPS) is 10.9. The average Bonchev–Trinajstić information content (AvgIpc) is 2.45. The molecule has 0 aliphatic carbocycles. The van der Waals surface area contributed by atoms with Crippen LogP contribution in [0.25, 0.3) is 0 Å². The Kier molecular flexibility index (Phi) is 6.89. The van der Waals surface area contributed by atoms with Gasteiger partial charge in [0, 0.05) is 12.1 Å². The number of carbonyl (C=O) groups excluding carboxylic acids is 1. The van der Waals surface area contributed by atoms with Crippen LogP contribution in [-0.2, 0) is 14.6 Å². The SMILES string of the molecule is CCCCS(=O)(=O)CCCC(=O)Nc1cccc(C#N)c1. The lowest BCUT2D eigenvalue weighted by Gasteiger charge is -2.06. The summed E-state index contributed by atoms with van der Waals surface area (Å²) in [6.07, 6.45) is 1.97. The van der Waals surface area contributed by atoms with Crippen molar-refractivity contribution in [1.29, 1.82) is 5.26 Å². The van der Waals surface area contributed by atoms with Crippen LogP contribution in [0.5, 0.6) is 0 Å². The molecule has 0 aliphatic heterocycles. The molecule has 0 aliphatic rings. The van der Waals surface area contributed by atoms with E-state index in [1.54, 1.807) is 24.3 Å². The van der Waals surface area contributed by atoms with Gasteiger partial charge in [-0.3, -0.25) is 4.79 Å². The van der Waals surface area contributed by atoms with Gasteiger partial charge in [-0.2, -0.15) is 5.26 Å². The molecule has 0 fully saturated rings. The second-order valence-corrected chi connectivity index (χ2v) is 7.15. The third-order valence-electron chi connectivity index (χ3n) is 2.94. The van der Waals surface area contributed by atoms with Gasteiger partial charge in [0.1, 0.15) is 9.84 Å². The third kappa shape index (κ3) is 6.91. The Bertz CT molecular complexity index is 618. The third-order valence-corrected chi connectivity index (χ3v) is 4.76. The summed E-state index contributed by atoms with van der Waals surface area (Å²) in [5.41, 5.74) is 1.02. The highest BCUT2D eigenvalue weighted by molar-refractivity contribution is 7.91. The van der Waals surface area contributed by atoms with Crippen LogP contribution < -0.4 is 5.32 Å². The van der Waals surface area contributed by atoms with Crippen LogP contribution >= 0.6 is 0 Å². The molecule has 1 aromatic rings. The largest absolute Gasteiger partial charge is 0.326 e. The van der Waals surface area contributed by atoms with E-state index in [0.29, 0.717) is 24.1 Å². The number of hydrogen-bond donors (Lipinski definition) is 1. The molecule has 6 heteroatoms. The minimum atomic E-state index is -3.05. The molecule has 1 amide bonds. The molecule has 1 N–H and O–H groups in total. The quantitative estimate of drug-likeness (QED) is 0.799. The van der Waals surface area contributed by atoms with Crippen molar-refractivity contribution >= 4 is 21.4 Å². The summed E-state index contributed by atoms with van der Waals surface area (Å²) in [6.45, 7) is 1.94. The lowest BCUT2D eigenvalue weighted by atomic mass is 10.2. The van der Waals surface area contributed by atoms with Crippen molar-refractivity contribution in [2.24, 2.45) is 0 Å². The summed E-state index contributed by atoms with van der Waals surface area (Å²) in [6, 6.07) is 8.60. The molecular formula is C15H20N2O3S. The number of anilines is 1. The Morgan fingerprint density at radius 1 is 1.29 bits per heavy atom. The van der Waals surface area contributed by atoms with Gasteiger partial charge in [-0.05, 0) is 31.0 Å². The number of hydrogen-bond acceptors (Lipinski definition) is 4. The Labute approximate surface area is 125 Å². The number of nitrogens with zero attached hydrogens (tertiary/aromatic N) is 1. The van der Waals surface area contributed by atoms with Crippen molar-refractivity contribution in [3.63, 3.8) is 0 Å². The molecule has 0 saturated carbocycles. The highest BCUT2D eigenvalue weighted by Crippen LogP contribution is 2.10. The lowest BCUT2D eigenvalue weighted by Crippen LogP contribution is -2.15. The predicted octanol–water partition coefficient (Wildman–Crippen LogP) is 2.49. The zero-order valence-corrected chi connectivity index (χ0v) is 12.9. The van der Waals surface area contributed by atoms with Gasteiger partial charge < -0.3 is 5.32 Å². The molecular weight excluding hydrogens is 288 g/mol. The van der Waals surface area contributed by atoms with Crippen LogP contribution in [0.4, 0.5) is 5.69 Å². The van der Waals surface area contributed by atoms with Gasteiger partial charge in [0.2, 0.25) is 5.91 Å². The summed E-state index contributed by atoms with van der Waals surface area (Å²) < 4.78 is 23.3. The van der Waals surface area contributed by atoms with Crippen molar-refractivity contribution in [3.05, 3.63) is 29.8 Å². The molecule has 1 aromatic carbocycles. The molecule has 5 nitrogen and oxygen atoms in total. The second kappa shape index (κ2) is 8.42. The van der Waals surface area contributed by atoms with Crippen LogP contribution in [-0.4, -0.2) is 25.8 Å². The highest BCUT2D eigenvalue weighted by atomic mass is 32.2. The van der Waals surface area contributed by atoms with Gasteiger partial charge in [-0.25, -0.2) is 8.42 Å². The van der Waals surface area contributed by atoms with E-state index in [4.69, 9.17) is 5.26 Å². The number of sulfone groups is 1. The molecule has 0 spiro atoms. The summed E-state index contributed by atoms with van der Waals surface area (Å²) in [5, 5.41) is 11.4. The van der Waals surface area contributed by atoms with E-state index in [1.165, 1.54) is 0 Å². The number of nitrogens with one attached hydrogen (secondary N) is 1. The molecule has 1 rings (SSSR count). The molecule has 114 valence electrons. The van der Waals surface area contributed by atoms with Crippen molar-refractivity contribution in [1.82, 2.24) is 0 Å². The Hall–Kier alpha value is -1.87. The van der Waals surface area contributed by atoms with Gasteiger partial charge in [0.25, 0.3) is 0 Å². The van der Waals surface area contributed by atoms with E-state index >= 15 is 0 Å². The molecule has 0 saturated heterocycles. The van der Waals surface area contributed by atoms with Crippen LogP contribution in [0.3, 0.4) is 0 Å². The zero-order chi connectivity index (χ0) is 15.7. The molecule has 0 atom stereocenters. The maximum atomic E-state index is 11.7. The number of unbranched alkanes of at least 4 members (excludes halogenated alkanes) is 1. The number of nitriles is 1. The molecule has 0 aromatic heterocycles. The average molecular weight is 308 g/mol. The first-order valence-electron chi connectivity index (χ1n) is 6.97. The summed E-state index contributed by atoms with van der Waals surface area (Å²) in [7, 11) is -3.05. The van der Waals surface area contributed by atoms with Gasteiger partial charge in [-0.1, -0.05) is 19.4 Å². The fourth-order valence-electron chi connectivity index (χ4n) is 1.81. The lowest BCUT2D eigenvalue weighted by molar-refractivity contribution is -0.116. The number of carbonyl (C=O) groups is 1. The number of rotatable bonds is 8. The Balaban J connectivity index is 2.39. The van der Waals surface area contributed by atoms with Crippen LogP contribution in [0.2, 0.25) is 0 Å². The second-order valence-electron chi connectivity index (χ2n) is 4.85. The van der Waals surface area contributed by atoms with E-state index in [1.807, 2.05) is 13.0 Å².